The van der Waals surface area contributed by atoms with Crippen LogP contribution >= 0.6 is 0 Å². The van der Waals surface area contributed by atoms with Gasteiger partial charge in [0.25, 0.3) is 0 Å². The molecule has 0 radical (unpaired) electrons. The second-order valence-corrected chi connectivity index (χ2v) is 4.07. The lowest BCUT2D eigenvalue weighted by molar-refractivity contribution is -0.141. The van der Waals surface area contributed by atoms with Gasteiger partial charge in [-0.1, -0.05) is 12.5 Å². The summed E-state index contributed by atoms with van der Waals surface area (Å²) in [6, 6.07) is 3.88. The van der Waals surface area contributed by atoms with Gasteiger partial charge in [-0.2, -0.15) is 13.2 Å². The molecule has 0 atom stereocenters. The standard InChI is InChI=1S/C11H14F3N3/c12-11(13,14)9-5-4-6-10(15-9)16-17-7-2-1-3-8-17/h4-6H,1-3,7-8H2,(H,15,16). The lowest BCUT2D eigenvalue weighted by Gasteiger charge is -2.27. The largest absolute Gasteiger partial charge is 0.433 e. The molecule has 0 amide bonds. The molecular weight excluding hydrogens is 231 g/mol. The van der Waals surface area contributed by atoms with Gasteiger partial charge in [-0.25, -0.2) is 9.99 Å². The van der Waals surface area contributed by atoms with Crippen LogP contribution in [0.5, 0.6) is 0 Å². The van der Waals surface area contributed by atoms with E-state index in [1.54, 1.807) is 6.07 Å². The van der Waals surface area contributed by atoms with Gasteiger partial charge in [0, 0.05) is 13.1 Å². The van der Waals surface area contributed by atoms with Crippen LogP contribution in [0.4, 0.5) is 19.0 Å². The van der Waals surface area contributed by atoms with Crippen molar-refractivity contribution >= 4 is 5.82 Å². The van der Waals surface area contributed by atoms with Crippen LogP contribution in [-0.2, 0) is 6.18 Å². The Morgan fingerprint density at radius 3 is 2.47 bits per heavy atom. The predicted octanol–water partition coefficient (Wildman–Crippen LogP) is 2.91. The average molecular weight is 245 g/mol. The summed E-state index contributed by atoms with van der Waals surface area (Å²) in [6.07, 6.45) is -1.09. The Kier molecular flexibility index (Phi) is 3.51. The molecule has 1 aliphatic heterocycles. The number of halogens is 3. The van der Waals surface area contributed by atoms with E-state index >= 15 is 0 Å². The van der Waals surface area contributed by atoms with Gasteiger partial charge in [0.15, 0.2) is 0 Å². The van der Waals surface area contributed by atoms with Gasteiger partial charge < -0.3 is 5.43 Å². The molecule has 1 aromatic heterocycles. The van der Waals surface area contributed by atoms with Crippen molar-refractivity contribution in [2.45, 2.75) is 25.4 Å². The zero-order valence-corrected chi connectivity index (χ0v) is 9.30. The number of hydrogen-bond acceptors (Lipinski definition) is 3. The van der Waals surface area contributed by atoms with Crippen molar-refractivity contribution in [3.8, 4) is 0 Å². The van der Waals surface area contributed by atoms with E-state index in [-0.39, 0.29) is 5.82 Å². The molecule has 1 fully saturated rings. The van der Waals surface area contributed by atoms with E-state index in [4.69, 9.17) is 0 Å². The van der Waals surface area contributed by atoms with E-state index in [1.165, 1.54) is 12.5 Å². The first-order valence-corrected chi connectivity index (χ1v) is 5.61. The first kappa shape index (κ1) is 12.2. The third-order valence-corrected chi connectivity index (χ3v) is 2.67. The van der Waals surface area contributed by atoms with Crippen LogP contribution in [0.25, 0.3) is 0 Å². The molecule has 1 N–H and O–H groups in total. The highest BCUT2D eigenvalue weighted by molar-refractivity contribution is 5.34. The Balaban J connectivity index is 2.05. The third kappa shape index (κ3) is 3.33. The molecule has 1 aliphatic rings. The van der Waals surface area contributed by atoms with Crippen molar-refractivity contribution in [3.63, 3.8) is 0 Å². The highest BCUT2D eigenvalue weighted by atomic mass is 19.4. The smallest absolute Gasteiger partial charge is 0.303 e. The maximum Gasteiger partial charge on any atom is 0.433 e. The molecule has 3 nitrogen and oxygen atoms in total. The van der Waals surface area contributed by atoms with Gasteiger partial charge in [-0.05, 0) is 25.0 Å². The molecular formula is C11H14F3N3. The highest BCUT2D eigenvalue weighted by Crippen LogP contribution is 2.28. The number of nitrogens with zero attached hydrogens (tertiary/aromatic N) is 2. The van der Waals surface area contributed by atoms with Crippen LogP contribution in [0.1, 0.15) is 25.0 Å². The highest BCUT2D eigenvalue weighted by Gasteiger charge is 2.32. The summed E-state index contributed by atoms with van der Waals surface area (Å²) in [5.41, 5.74) is 2.05. The third-order valence-electron chi connectivity index (χ3n) is 2.67. The SMILES string of the molecule is FC(F)(F)c1cccc(NN2CCCCC2)n1. The zero-order chi connectivity index (χ0) is 12.3. The fourth-order valence-corrected chi connectivity index (χ4v) is 1.82. The number of pyridine rings is 1. The summed E-state index contributed by atoms with van der Waals surface area (Å²) in [4.78, 5) is 3.56. The van der Waals surface area contributed by atoms with Crippen molar-refractivity contribution in [1.82, 2.24) is 9.99 Å². The fourth-order valence-electron chi connectivity index (χ4n) is 1.82. The molecule has 0 aliphatic carbocycles. The molecule has 1 saturated heterocycles. The monoisotopic (exact) mass is 245 g/mol. The number of alkyl halides is 3. The van der Waals surface area contributed by atoms with Crippen LogP contribution in [0.2, 0.25) is 0 Å². The number of rotatable bonds is 2. The van der Waals surface area contributed by atoms with Crippen molar-refractivity contribution in [3.05, 3.63) is 23.9 Å². The summed E-state index contributed by atoms with van der Waals surface area (Å²) in [6.45, 7) is 1.69. The molecule has 0 bridgehead atoms. The van der Waals surface area contributed by atoms with Crippen LogP contribution in [0.15, 0.2) is 18.2 Å². The van der Waals surface area contributed by atoms with Gasteiger partial charge in [0.1, 0.15) is 11.5 Å². The first-order valence-electron chi connectivity index (χ1n) is 5.61. The second-order valence-electron chi connectivity index (χ2n) is 4.07. The van der Waals surface area contributed by atoms with Crippen molar-refractivity contribution < 1.29 is 13.2 Å². The number of hydrogen-bond donors (Lipinski definition) is 1. The summed E-state index contributed by atoms with van der Waals surface area (Å²) < 4.78 is 37.3. The molecule has 1 aromatic rings. The summed E-state index contributed by atoms with van der Waals surface area (Å²) in [5, 5.41) is 1.91. The number of hydrazine groups is 1. The summed E-state index contributed by atoms with van der Waals surface area (Å²) in [5.74, 6) is 0.252. The van der Waals surface area contributed by atoms with Crippen molar-refractivity contribution in [2.75, 3.05) is 18.5 Å². The molecule has 0 aromatic carbocycles. The molecule has 2 heterocycles. The average Bonchev–Trinajstić information content (AvgIpc) is 2.29. The van der Waals surface area contributed by atoms with E-state index < -0.39 is 11.9 Å². The molecule has 2 rings (SSSR count). The van der Waals surface area contributed by atoms with E-state index in [1.807, 2.05) is 5.01 Å². The molecule has 6 heteroatoms. The Hall–Kier alpha value is -1.30. The van der Waals surface area contributed by atoms with Crippen molar-refractivity contribution in [1.29, 1.82) is 0 Å². The zero-order valence-electron chi connectivity index (χ0n) is 9.30. The summed E-state index contributed by atoms with van der Waals surface area (Å²) >= 11 is 0. The molecule has 17 heavy (non-hydrogen) atoms. The van der Waals surface area contributed by atoms with Crippen molar-refractivity contribution in [2.24, 2.45) is 0 Å². The normalized spacial score (nSPS) is 18.1. The predicted molar refractivity (Wildman–Crippen MR) is 58.3 cm³/mol. The van der Waals surface area contributed by atoms with Crippen LogP contribution < -0.4 is 5.43 Å². The maximum atomic E-state index is 12.4. The quantitative estimate of drug-likeness (QED) is 0.868. The minimum absolute atomic E-state index is 0.252. The topological polar surface area (TPSA) is 28.2 Å². The van der Waals surface area contributed by atoms with Gasteiger partial charge in [0.05, 0.1) is 0 Å². The molecule has 94 valence electrons. The van der Waals surface area contributed by atoms with Gasteiger partial charge >= 0.3 is 6.18 Å². The number of anilines is 1. The summed E-state index contributed by atoms with van der Waals surface area (Å²) in [7, 11) is 0. The van der Waals surface area contributed by atoms with Crippen LogP contribution in [0, 0.1) is 0 Å². The van der Waals surface area contributed by atoms with E-state index in [9.17, 15) is 13.2 Å². The number of aromatic nitrogens is 1. The molecule has 0 unspecified atom stereocenters. The number of piperidine rings is 1. The van der Waals surface area contributed by atoms with E-state index in [2.05, 4.69) is 10.4 Å². The van der Waals surface area contributed by atoms with Crippen LogP contribution in [-0.4, -0.2) is 23.1 Å². The van der Waals surface area contributed by atoms with Gasteiger partial charge in [-0.3, -0.25) is 0 Å². The lowest BCUT2D eigenvalue weighted by atomic mass is 10.2. The lowest BCUT2D eigenvalue weighted by Crippen LogP contribution is -2.35. The Morgan fingerprint density at radius 2 is 1.82 bits per heavy atom. The molecule has 0 saturated carbocycles. The van der Waals surface area contributed by atoms with Crippen LogP contribution in [0.3, 0.4) is 0 Å². The fraction of sp³-hybridized carbons (Fsp3) is 0.545. The molecule has 0 spiro atoms. The first-order chi connectivity index (χ1) is 8.05. The number of nitrogens with one attached hydrogen (secondary N) is 1. The van der Waals surface area contributed by atoms with Gasteiger partial charge in [-0.15, -0.1) is 0 Å². The Morgan fingerprint density at radius 1 is 1.12 bits per heavy atom. The second kappa shape index (κ2) is 4.91. The maximum absolute atomic E-state index is 12.4. The Labute approximate surface area is 97.6 Å². The Bertz CT molecular complexity index is 372. The van der Waals surface area contributed by atoms with E-state index in [0.29, 0.717) is 0 Å². The minimum atomic E-state index is -4.39. The minimum Gasteiger partial charge on any atom is -0.303 e. The van der Waals surface area contributed by atoms with Gasteiger partial charge in [0.2, 0.25) is 0 Å². The van der Waals surface area contributed by atoms with E-state index in [0.717, 1.165) is 32.0 Å².